The van der Waals surface area contributed by atoms with Crippen molar-refractivity contribution in [2.24, 2.45) is 0 Å². The molecule has 3 rings (SSSR count). The number of benzene rings is 1. The molecule has 0 unspecified atom stereocenters. The summed E-state index contributed by atoms with van der Waals surface area (Å²) in [6.45, 7) is 1.90. The van der Waals surface area contributed by atoms with Gasteiger partial charge in [-0.3, -0.25) is 9.59 Å². The van der Waals surface area contributed by atoms with E-state index >= 15 is 0 Å². The van der Waals surface area contributed by atoms with Crippen molar-refractivity contribution in [3.63, 3.8) is 0 Å². The Labute approximate surface area is 137 Å². The standard InChI is InChI=1S/C18H24N2O3/c21-17-13-16(14-5-2-1-3-6-14)20(11-10-19-17)18(22)9-8-15-7-4-12-23-15/h1-3,5-6,15-16H,4,7-13H2,(H,19,21)/t15-,16+/m0/s1. The average molecular weight is 316 g/mol. The Bertz CT molecular complexity index is 540. The Kier molecular flexibility index (Phi) is 5.28. The maximum atomic E-state index is 12.7. The second-order valence-electron chi connectivity index (χ2n) is 6.24. The summed E-state index contributed by atoms with van der Waals surface area (Å²) >= 11 is 0. The molecule has 5 heteroatoms. The molecule has 2 amide bonds. The summed E-state index contributed by atoms with van der Waals surface area (Å²) in [5.74, 6) is 0.124. The number of carbonyl (C=O) groups is 2. The number of amides is 2. The highest BCUT2D eigenvalue weighted by Gasteiger charge is 2.30. The van der Waals surface area contributed by atoms with Crippen molar-refractivity contribution in [2.45, 2.75) is 44.2 Å². The molecule has 1 aromatic rings. The summed E-state index contributed by atoms with van der Waals surface area (Å²) in [5.41, 5.74) is 1.02. The van der Waals surface area contributed by atoms with Crippen LogP contribution in [0.3, 0.4) is 0 Å². The van der Waals surface area contributed by atoms with Gasteiger partial charge in [-0.05, 0) is 24.8 Å². The van der Waals surface area contributed by atoms with Crippen LogP contribution in [0, 0.1) is 0 Å². The summed E-state index contributed by atoms with van der Waals surface area (Å²) in [6.07, 6.45) is 3.96. The third-order valence-corrected chi connectivity index (χ3v) is 4.64. The van der Waals surface area contributed by atoms with Crippen LogP contribution in [-0.4, -0.2) is 42.5 Å². The van der Waals surface area contributed by atoms with E-state index in [1.165, 1.54) is 0 Å². The third kappa shape index (κ3) is 4.10. The van der Waals surface area contributed by atoms with E-state index in [9.17, 15) is 9.59 Å². The quantitative estimate of drug-likeness (QED) is 0.925. The van der Waals surface area contributed by atoms with Gasteiger partial charge in [-0.15, -0.1) is 0 Å². The van der Waals surface area contributed by atoms with E-state index in [4.69, 9.17) is 4.74 Å². The monoisotopic (exact) mass is 316 g/mol. The fourth-order valence-corrected chi connectivity index (χ4v) is 3.40. The van der Waals surface area contributed by atoms with Crippen molar-refractivity contribution in [1.29, 1.82) is 0 Å². The van der Waals surface area contributed by atoms with Gasteiger partial charge >= 0.3 is 0 Å². The number of hydrogen-bond acceptors (Lipinski definition) is 3. The highest BCUT2D eigenvalue weighted by atomic mass is 16.5. The summed E-state index contributed by atoms with van der Waals surface area (Å²) in [7, 11) is 0. The van der Waals surface area contributed by atoms with Gasteiger partial charge in [0.15, 0.2) is 0 Å². The van der Waals surface area contributed by atoms with Gasteiger partial charge in [0.2, 0.25) is 11.8 Å². The van der Waals surface area contributed by atoms with Gasteiger partial charge in [0.1, 0.15) is 0 Å². The highest BCUT2D eigenvalue weighted by Crippen LogP contribution is 2.27. The summed E-state index contributed by atoms with van der Waals surface area (Å²) < 4.78 is 5.61. The Balaban J connectivity index is 1.70. The van der Waals surface area contributed by atoms with Crippen LogP contribution < -0.4 is 5.32 Å². The lowest BCUT2D eigenvalue weighted by atomic mass is 10.0. The Morgan fingerprint density at radius 1 is 1.30 bits per heavy atom. The predicted octanol–water partition coefficient (Wildman–Crippen LogP) is 2.04. The van der Waals surface area contributed by atoms with Gasteiger partial charge in [0.05, 0.1) is 18.6 Å². The molecular formula is C18H24N2O3. The molecule has 2 atom stereocenters. The SMILES string of the molecule is O=C1C[C@H](c2ccccc2)N(C(=O)CC[C@@H]2CCCO2)CCN1. The lowest BCUT2D eigenvalue weighted by molar-refractivity contribution is -0.134. The van der Waals surface area contributed by atoms with Crippen molar-refractivity contribution in [3.8, 4) is 0 Å². The van der Waals surface area contributed by atoms with E-state index in [0.717, 1.165) is 31.4 Å². The van der Waals surface area contributed by atoms with Crippen LogP contribution >= 0.6 is 0 Å². The van der Waals surface area contributed by atoms with Gasteiger partial charge in [-0.1, -0.05) is 30.3 Å². The molecule has 0 aromatic heterocycles. The van der Waals surface area contributed by atoms with E-state index in [1.807, 2.05) is 35.2 Å². The number of nitrogens with zero attached hydrogens (tertiary/aromatic N) is 1. The van der Waals surface area contributed by atoms with Crippen LogP contribution in [0.25, 0.3) is 0 Å². The molecular weight excluding hydrogens is 292 g/mol. The second kappa shape index (κ2) is 7.59. The topological polar surface area (TPSA) is 58.6 Å². The molecule has 0 saturated carbocycles. The fraction of sp³-hybridized carbons (Fsp3) is 0.556. The molecule has 0 bridgehead atoms. The Morgan fingerprint density at radius 3 is 2.87 bits per heavy atom. The van der Waals surface area contributed by atoms with Crippen LogP contribution in [0.15, 0.2) is 30.3 Å². The lowest BCUT2D eigenvalue weighted by Crippen LogP contribution is -2.36. The van der Waals surface area contributed by atoms with Crippen LogP contribution in [0.4, 0.5) is 0 Å². The molecule has 2 saturated heterocycles. The number of ether oxygens (including phenoxy) is 1. The number of hydrogen-bond donors (Lipinski definition) is 1. The Morgan fingerprint density at radius 2 is 2.13 bits per heavy atom. The molecule has 2 aliphatic heterocycles. The van der Waals surface area contributed by atoms with E-state index in [2.05, 4.69) is 5.32 Å². The lowest BCUT2D eigenvalue weighted by Gasteiger charge is -2.30. The molecule has 0 aliphatic carbocycles. The van der Waals surface area contributed by atoms with Gasteiger partial charge in [0.25, 0.3) is 0 Å². The van der Waals surface area contributed by atoms with Crippen LogP contribution in [0.1, 0.15) is 43.7 Å². The van der Waals surface area contributed by atoms with Gasteiger partial charge < -0.3 is 15.0 Å². The molecule has 5 nitrogen and oxygen atoms in total. The largest absolute Gasteiger partial charge is 0.378 e. The molecule has 0 spiro atoms. The van der Waals surface area contributed by atoms with Crippen LogP contribution in [-0.2, 0) is 14.3 Å². The fourth-order valence-electron chi connectivity index (χ4n) is 3.40. The molecule has 2 heterocycles. The average Bonchev–Trinajstić information content (AvgIpc) is 3.01. The number of carbonyl (C=O) groups excluding carboxylic acids is 2. The van der Waals surface area contributed by atoms with Crippen molar-refractivity contribution in [2.75, 3.05) is 19.7 Å². The van der Waals surface area contributed by atoms with E-state index in [1.54, 1.807) is 0 Å². The minimum atomic E-state index is -0.171. The summed E-state index contributed by atoms with van der Waals surface area (Å²) in [5, 5.41) is 2.87. The molecule has 23 heavy (non-hydrogen) atoms. The first-order valence-corrected chi connectivity index (χ1v) is 8.47. The van der Waals surface area contributed by atoms with Crippen molar-refractivity contribution >= 4 is 11.8 Å². The molecule has 1 N–H and O–H groups in total. The zero-order valence-corrected chi connectivity index (χ0v) is 13.4. The molecule has 1 aromatic carbocycles. The first-order chi connectivity index (χ1) is 11.2. The first-order valence-electron chi connectivity index (χ1n) is 8.47. The first kappa shape index (κ1) is 16.0. The van der Waals surface area contributed by atoms with Gasteiger partial charge in [0, 0.05) is 26.1 Å². The predicted molar refractivity (Wildman–Crippen MR) is 86.7 cm³/mol. The van der Waals surface area contributed by atoms with Crippen molar-refractivity contribution < 1.29 is 14.3 Å². The van der Waals surface area contributed by atoms with E-state index in [0.29, 0.717) is 25.9 Å². The van der Waals surface area contributed by atoms with Gasteiger partial charge in [-0.2, -0.15) is 0 Å². The third-order valence-electron chi connectivity index (χ3n) is 4.64. The maximum Gasteiger partial charge on any atom is 0.223 e. The summed E-state index contributed by atoms with van der Waals surface area (Å²) in [4.78, 5) is 26.5. The second-order valence-corrected chi connectivity index (χ2v) is 6.24. The van der Waals surface area contributed by atoms with Crippen molar-refractivity contribution in [3.05, 3.63) is 35.9 Å². The zero-order valence-electron chi connectivity index (χ0n) is 13.4. The number of rotatable bonds is 4. The maximum absolute atomic E-state index is 12.7. The molecule has 2 fully saturated rings. The van der Waals surface area contributed by atoms with E-state index in [-0.39, 0.29) is 24.0 Å². The van der Waals surface area contributed by atoms with Crippen LogP contribution in [0.2, 0.25) is 0 Å². The molecule has 2 aliphatic rings. The zero-order chi connectivity index (χ0) is 16.1. The molecule has 124 valence electrons. The van der Waals surface area contributed by atoms with E-state index < -0.39 is 0 Å². The number of nitrogens with one attached hydrogen (secondary N) is 1. The van der Waals surface area contributed by atoms with Crippen molar-refractivity contribution in [1.82, 2.24) is 10.2 Å². The normalized spacial score (nSPS) is 25.0. The highest BCUT2D eigenvalue weighted by molar-refractivity contribution is 5.81. The Hall–Kier alpha value is -1.88. The van der Waals surface area contributed by atoms with Crippen LogP contribution in [0.5, 0.6) is 0 Å². The molecule has 0 radical (unpaired) electrons. The van der Waals surface area contributed by atoms with Gasteiger partial charge in [-0.25, -0.2) is 0 Å². The minimum absolute atomic E-state index is 0.00767. The summed E-state index contributed by atoms with van der Waals surface area (Å²) in [6, 6.07) is 9.66. The minimum Gasteiger partial charge on any atom is -0.378 e. The smallest absolute Gasteiger partial charge is 0.223 e.